The monoisotopic (exact) mass is 281 g/mol. The highest BCUT2D eigenvalue weighted by Gasteiger charge is 2.19. The highest BCUT2D eigenvalue weighted by Crippen LogP contribution is 2.31. The molecule has 0 saturated carbocycles. The van der Waals surface area contributed by atoms with Crippen LogP contribution in [-0.2, 0) is 12.9 Å². The smallest absolute Gasteiger partial charge is 0.135 e. The van der Waals surface area contributed by atoms with E-state index in [0.29, 0.717) is 12.4 Å². The summed E-state index contributed by atoms with van der Waals surface area (Å²) in [6, 6.07) is 6.54. The van der Waals surface area contributed by atoms with Crippen LogP contribution in [0.5, 0.6) is 0 Å². The van der Waals surface area contributed by atoms with E-state index < -0.39 is 0 Å². The SMILES string of the molecule is CCN(c1cccc(F)c1)c1c(CCl)c(C)nn1C. The van der Waals surface area contributed by atoms with Crippen molar-refractivity contribution in [1.29, 1.82) is 0 Å². The Hall–Kier alpha value is -1.55. The van der Waals surface area contributed by atoms with Gasteiger partial charge in [0.2, 0.25) is 0 Å². The van der Waals surface area contributed by atoms with Gasteiger partial charge in [0.1, 0.15) is 11.6 Å². The number of aromatic nitrogens is 2. The predicted octanol–water partition coefficient (Wildman–Crippen LogP) is 3.76. The van der Waals surface area contributed by atoms with E-state index in [2.05, 4.69) is 5.10 Å². The summed E-state index contributed by atoms with van der Waals surface area (Å²) in [5, 5.41) is 4.40. The second-order valence-corrected chi connectivity index (χ2v) is 4.64. The quantitative estimate of drug-likeness (QED) is 0.796. The van der Waals surface area contributed by atoms with Crippen molar-refractivity contribution in [2.75, 3.05) is 11.4 Å². The first-order valence-corrected chi connectivity index (χ1v) is 6.73. The molecular formula is C14H17ClFN3. The van der Waals surface area contributed by atoms with E-state index >= 15 is 0 Å². The molecule has 1 aromatic carbocycles. The number of halogens is 2. The Morgan fingerprint density at radius 2 is 2.16 bits per heavy atom. The molecule has 0 amide bonds. The molecule has 0 atom stereocenters. The first kappa shape index (κ1) is 13.9. The normalized spacial score (nSPS) is 10.8. The summed E-state index contributed by atoms with van der Waals surface area (Å²) in [4.78, 5) is 2.01. The molecule has 0 saturated heterocycles. The van der Waals surface area contributed by atoms with Crippen LogP contribution in [0.15, 0.2) is 24.3 Å². The summed E-state index contributed by atoms with van der Waals surface area (Å²) < 4.78 is 15.2. The molecular weight excluding hydrogens is 265 g/mol. The molecule has 0 aliphatic heterocycles. The fourth-order valence-corrected chi connectivity index (χ4v) is 2.60. The molecule has 0 bridgehead atoms. The van der Waals surface area contributed by atoms with Crippen LogP contribution in [-0.4, -0.2) is 16.3 Å². The van der Waals surface area contributed by atoms with E-state index in [1.54, 1.807) is 10.7 Å². The van der Waals surface area contributed by atoms with Gasteiger partial charge in [-0.2, -0.15) is 5.10 Å². The van der Waals surface area contributed by atoms with Crippen molar-refractivity contribution in [2.24, 2.45) is 7.05 Å². The minimum atomic E-state index is -0.248. The lowest BCUT2D eigenvalue weighted by atomic mass is 10.2. The Labute approximate surface area is 117 Å². The van der Waals surface area contributed by atoms with Crippen molar-refractivity contribution >= 4 is 23.1 Å². The molecule has 0 radical (unpaired) electrons. The molecule has 1 aromatic heterocycles. The highest BCUT2D eigenvalue weighted by atomic mass is 35.5. The number of hydrogen-bond acceptors (Lipinski definition) is 2. The molecule has 0 unspecified atom stereocenters. The van der Waals surface area contributed by atoms with Crippen LogP contribution >= 0.6 is 11.6 Å². The Morgan fingerprint density at radius 3 is 2.74 bits per heavy atom. The molecule has 0 N–H and O–H groups in total. The summed E-state index contributed by atoms with van der Waals surface area (Å²) in [6.07, 6.45) is 0. The lowest BCUT2D eigenvalue weighted by Crippen LogP contribution is -2.20. The van der Waals surface area contributed by atoms with Crippen LogP contribution in [0.1, 0.15) is 18.2 Å². The molecule has 0 fully saturated rings. The first-order valence-electron chi connectivity index (χ1n) is 6.20. The van der Waals surface area contributed by atoms with Crippen molar-refractivity contribution < 1.29 is 4.39 Å². The second-order valence-electron chi connectivity index (χ2n) is 4.37. The molecule has 102 valence electrons. The minimum absolute atomic E-state index is 0.248. The van der Waals surface area contributed by atoms with Crippen molar-refractivity contribution in [1.82, 2.24) is 9.78 Å². The van der Waals surface area contributed by atoms with Crippen molar-refractivity contribution in [3.63, 3.8) is 0 Å². The molecule has 3 nitrogen and oxygen atoms in total. The maximum Gasteiger partial charge on any atom is 0.135 e. The van der Waals surface area contributed by atoms with Gasteiger partial charge in [0, 0.05) is 24.8 Å². The number of anilines is 2. The van der Waals surface area contributed by atoms with Gasteiger partial charge in [-0.25, -0.2) is 4.39 Å². The van der Waals surface area contributed by atoms with Gasteiger partial charge in [0.15, 0.2) is 0 Å². The van der Waals surface area contributed by atoms with E-state index in [1.165, 1.54) is 12.1 Å². The molecule has 0 spiro atoms. The Morgan fingerprint density at radius 1 is 1.42 bits per heavy atom. The van der Waals surface area contributed by atoms with Gasteiger partial charge in [-0.1, -0.05) is 6.07 Å². The molecule has 0 aliphatic carbocycles. The summed E-state index contributed by atoms with van der Waals surface area (Å²) in [6.45, 7) is 4.66. The summed E-state index contributed by atoms with van der Waals surface area (Å²) in [7, 11) is 1.88. The lowest BCUT2D eigenvalue weighted by molar-refractivity contribution is 0.627. The van der Waals surface area contributed by atoms with E-state index in [1.807, 2.05) is 31.9 Å². The standard InChI is InChI=1S/C14H17ClFN3/c1-4-19(12-7-5-6-11(16)8-12)14-13(9-15)10(2)17-18(14)3/h5-8H,4,9H2,1-3H3. The fourth-order valence-electron chi connectivity index (χ4n) is 2.28. The maximum absolute atomic E-state index is 13.4. The number of alkyl halides is 1. The van der Waals surface area contributed by atoms with Crippen molar-refractivity contribution in [2.45, 2.75) is 19.7 Å². The van der Waals surface area contributed by atoms with Crippen LogP contribution in [0.25, 0.3) is 0 Å². The largest absolute Gasteiger partial charge is 0.327 e. The fraction of sp³-hybridized carbons (Fsp3) is 0.357. The minimum Gasteiger partial charge on any atom is -0.327 e. The van der Waals surface area contributed by atoms with E-state index in [4.69, 9.17) is 11.6 Å². The van der Waals surface area contributed by atoms with Crippen molar-refractivity contribution in [3.8, 4) is 0 Å². The Balaban J connectivity index is 2.54. The zero-order valence-corrected chi connectivity index (χ0v) is 12.1. The predicted molar refractivity (Wildman–Crippen MR) is 76.6 cm³/mol. The number of nitrogens with zero attached hydrogens (tertiary/aromatic N) is 3. The second kappa shape index (κ2) is 5.61. The van der Waals surface area contributed by atoms with E-state index in [-0.39, 0.29) is 5.82 Å². The van der Waals surface area contributed by atoms with Gasteiger partial charge in [0.25, 0.3) is 0 Å². The molecule has 5 heteroatoms. The van der Waals surface area contributed by atoms with Gasteiger partial charge in [0.05, 0.1) is 11.6 Å². The third kappa shape index (κ3) is 2.59. The van der Waals surface area contributed by atoms with Crippen LogP contribution in [0.2, 0.25) is 0 Å². The number of hydrogen-bond donors (Lipinski definition) is 0. The van der Waals surface area contributed by atoms with Gasteiger partial charge < -0.3 is 4.90 Å². The lowest BCUT2D eigenvalue weighted by Gasteiger charge is -2.24. The molecule has 19 heavy (non-hydrogen) atoms. The summed E-state index contributed by atoms with van der Waals surface area (Å²) in [5.41, 5.74) is 2.69. The zero-order valence-electron chi connectivity index (χ0n) is 11.3. The molecule has 0 aliphatic rings. The Kier molecular flexibility index (Phi) is 4.10. The molecule has 2 aromatic rings. The first-order chi connectivity index (χ1) is 9.08. The van der Waals surface area contributed by atoms with Crippen LogP contribution in [0.3, 0.4) is 0 Å². The number of rotatable bonds is 4. The van der Waals surface area contributed by atoms with E-state index in [0.717, 1.165) is 22.8 Å². The maximum atomic E-state index is 13.4. The third-order valence-corrected chi connectivity index (χ3v) is 3.41. The average Bonchev–Trinajstić information content (AvgIpc) is 2.65. The number of aryl methyl sites for hydroxylation is 2. The zero-order chi connectivity index (χ0) is 14.0. The van der Waals surface area contributed by atoms with Crippen LogP contribution in [0.4, 0.5) is 15.9 Å². The number of benzene rings is 1. The average molecular weight is 282 g/mol. The third-order valence-electron chi connectivity index (χ3n) is 3.14. The molecule has 2 rings (SSSR count). The highest BCUT2D eigenvalue weighted by molar-refractivity contribution is 6.17. The van der Waals surface area contributed by atoms with Gasteiger partial charge in [-0.05, 0) is 32.0 Å². The van der Waals surface area contributed by atoms with Crippen molar-refractivity contribution in [3.05, 3.63) is 41.3 Å². The Bertz CT molecular complexity index is 580. The summed E-state index contributed by atoms with van der Waals surface area (Å²) >= 11 is 6.02. The topological polar surface area (TPSA) is 21.1 Å². The molecule has 1 heterocycles. The van der Waals surface area contributed by atoms with E-state index in [9.17, 15) is 4.39 Å². The van der Waals surface area contributed by atoms with Gasteiger partial charge in [-0.3, -0.25) is 4.68 Å². The summed E-state index contributed by atoms with van der Waals surface area (Å²) in [5.74, 6) is 1.06. The van der Waals surface area contributed by atoms with Gasteiger partial charge in [-0.15, -0.1) is 11.6 Å². The van der Waals surface area contributed by atoms with Gasteiger partial charge >= 0.3 is 0 Å². The van der Waals surface area contributed by atoms with Crippen LogP contribution < -0.4 is 4.90 Å². The van der Waals surface area contributed by atoms with Crippen LogP contribution in [0, 0.1) is 12.7 Å².